The number of halogens is 1. The number of benzene rings is 1. The van der Waals surface area contributed by atoms with Crippen LogP contribution >= 0.6 is 22.6 Å². The number of nitrogens with zero attached hydrogens (tertiary/aromatic N) is 2. The Hall–Kier alpha value is -0.603. The molecule has 3 rings (SSSR count). The Morgan fingerprint density at radius 2 is 2.08 bits per heavy atom. The molecule has 0 saturated carbocycles. The zero-order valence-corrected chi connectivity index (χ0v) is 19.1. The Balaban J connectivity index is 1.86. The molecular weight excluding hydrogens is 443 g/mol. The van der Waals surface area contributed by atoms with E-state index in [1.165, 1.54) is 6.42 Å². The Morgan fingerprint density at radius 3 is 2.72 bits per heavy atom. The molecule has 2 heterocycles. The molecule has 1 fully saturated rings. The molecule has 25 heavy (non-hydrogen) atoms. The minimum absolute atomic E-state index is 0.0678. The summed E-state index contributed by atoms with van der Waals surface area (Å²) in [4.78, 5) is 0. The highest BCUT2D eigenvalue weighted by molar-refractivity contribution is 14.1. The third-order valence-corrected chi connectivity index (χ3v) is 7.91. The minimum Gasteiger partial charge on any atom is -0.544 e. The number of ether oxygens (including phenoxy) is 1. The maximum Gasteiger partial charge on any atom is 0.245 e. The molecule has 0 bridgehead atoms. The summed E-state index contributed by atoms with van der Waals surface area (Å²) < 4.78 is 15.5. The second-order valence-electron chi connectivity index (χ2n) is 8.83. The maximum absolute atomic E-state index is 6.46. The van der Waals surface area contributed by atoms with E-state index < -0.39 is 8.32 Å². The zero-order chi connectivity index (χ0) is 18.2. The summed E-state index contributed by atoms with van der Waals surface area (Å²) >= 11 is 2.32. The first kappa shape index (κ1) is 19.2. The van der Waals surface area contributed by atoms with Crippen LogP contribution in [-0.4, -0.2) is 24.7 Å². The van der Waals surface area contributed by atoms with E-state index in [0.717, 1.165) is 45.8 Å². The van der Waals surface area contributed by atoms with E-state index in [4.69, 9.17) is 14.3 Å². The van der Waals surface area contributed by atoms with E-state index >= 15 is 0 Å². The summed E-state index contributed by atoms with van der Waals surface area (Å²) in [5, 5.41) is 5.90. The van der Waals surface area contributed by atoms with Crippen LogP contribution in [0.3, 0.4) is 0 Å². The van der Waals surface area contributed by atoms with Gasteiger partial charge in [0.1, 0.15) is 9.45 Å². The van der Waals surface area contributed by atoms with E-state index in [2.05, 4.69) is 79.3 Å². The van der Waals surface area contributed by atoms with Crippen molar-refractivity contribution in [2.24, 2.45) is 5.41 Å². The summed E-state index contributed by atoms with van der Waals surface area (Å²) in [6, 6.07) is 7.52. The Morgan fingerprint density at radius 1 is 1.32 bits per heavy atom. The van der Waals surface area contributed by atoms with Crippen molar-refractivity contribution in [3.05, 3.63) is 21.9 Å². The largest absolute Gasteiger partial charge is 0.544 e. The fourth-order valence-corrected chi connectivity index (χ4v) is 7.97. The van der Waals surface area contributed by atoms with Crippen LogP contribution in [0.25, 0.3) is 10.9 Å². The lowest BCUT2D eigenvalue weighted by Gasteiger charge is -2.31. The zero-order valence-electron chi connectivity index (χ0n) is 15.9. The van der Waals surface area contributed by atoms with Gasteiger partial charge in [0, 0.05) is 12.0 Å². The second-order valence-corrected chi connectivity index (χ2v) is 13.9. The summed E-state index contributed by atoms with van der Waals surface area (Å²) in [6.45, 7) is 12.3. The number of hydrogen-bond acceptors (Lipinski definition) is 3. The lowest BCUT2D eigenvalue weighted by atomic mass is 10.0. The van der Waals surface area contributed by atoms with Gasteiger partial charge in [-0.1, -0.05) is 20.8 Å². The molecule has 1 atom stereocenters. The molecule has 1 aromatic heterocycles. The molecule has 0 amide bonds. The average Bonchev–Trinajstić information content (AvgIpc) is 2.82. The van der Waals surface area contributed by atoms with Crippen molar-refractivity contribution in [1.82, 2.24) is 9.78 Å². The predicted octanol–water partition coefficient (Wildman–Crippen LogP) is 5.97. The number of aromatic nitrogens is 2. The van der Waals surface area contributed by atoms with Gasteiger partial charge in [-0.2, -0.15) is 5.10 Å². The van der Waals surface area contributed by atoms with E-state index in [1.807, 2.05) is 0 Å². The molecule has 1 aliphatic rings. The van der Waals surface area contributed by atoms with Gasteiger partial charge >= 0.3 is 0 Å². The Labute approximate surface area is 165 Å². The van der Waals surface area contributed by atoms with Gasteiger partial charge in [0.15, 0.2) is 6.23 Å². The van der Waals surface area contributed by atoms with E-state index in [9.17, 15) is 0 Å². The molecule has 138 valence electrons. The van der Waals surface area contributed by atoms with Crippen molar-refractivity contribution in [3.8, 4) is 5.75 Å². The van der Waals surface area contributed by atoms with Gasteiger partial charge in [0.25, 0.3) is 0 Å². The van der Waals surface area contributed by atoms with Crippen molar-refractivity contribution in [2.45, 2.75) is 65.4 Å². The quantitative estimate of drug-likeness (QED) is 0.406. The van der Waals surface area contributed by atoms with Crippen LogP contribution in [0.2, 0.25) is 19.1 Å². The molecule has 1 saturated heterocycles. The summed E-state index contributed by atoms with van der Waals surface area (Å²) in [5.74, 6) is 0.968. The summed E-state index contributed by atoms with van der Waals surface area (Å²) in [5.41, 5.74) is 1.43. The lowest BCUT2D eigenvalue weighted by molar-refractivity contribution is -0.0368. The van der Waals surface area contributed by atoms with Gasteiger partial charge in [-0.3, -0.25) is 0 Å². The molecule has 0 aliphatic carbocycles. The highest BCUT2D eigenvalue weighted by atomic mass is 127. The van der Waals surface area contributed by atoms with Crippen molar-refractivity contribution >= 4 is 41.8 Å². The van der Waals surface area contributed by atoms with Crippen molar-refractivity contribution in [1.29, 1.82) is 0 Å². The predicted molar refractivity (Wildman–Crippen MR) is 114 cm³/mol. The third-order valence-electron chi connectivity index (χ3n) is 4.41. The normalized spacial score (nSPS) is 19.4. The molecule has 0 N–H and O–H groups in total. The average molecular weight is 472 g/mol. The first-order chi connectivity index (χ1) is 11.6. The highest BCUT2D eigenvalue weighted by Gasteiger charge is 2.31. The van der Waals surface area contributed by atoms with Crippen LogP contribution < -0.4 is 4.43 Å². The monoisotopic (exact) mass is 472 g/mol. The fraction of sp³-hybridized carbons (Fsp3) is 0.632. The molecule has 0 spiro atoms. The third kappa shape index (κ3) is 4.77. The molecule has 4 nitrogen and oxygen atoms in total. The maximum atomic E-state index is 6.46. The van der Waals surface area contributed by atoms with Crippen LogP contribution in [0, 0.1) is 9.12 Å². The summed E-state index contributed by atoms with van der Waals surface area (Å²) in [7, 11) is -1.76. The number of fused-ring (bicyclic) bond motifs is 1. The number of rotatable bonds is 4. The van der Waals surface area contributed by atoms with Gasteiger partial charge in [-0.15, -0.1) is 0 Å². The number of hydrogen-bond donors (Lipinski definition) is 0. The second kappa shape index (κ2) is 7.19. The van der Waals surface area contributed by atoms with Crippen LogP contribution in [0.1, 0.15) is 46.3 Å². The standard InChI is InChI=1S/C19H29IN2O2Si/c1-19(2,3)13-25(4,5)24-14-9-10-16-15(12-14)18(20)21-22(16)17-8-6-7-11-23-17/h9-10,12,17H,6-8,11,13H2,1-5H3. The van der Waals surface area contributed by atoms with Gasteiger partial charge in [0.2, 0.25) is 8.32 Å². The smallest absolute Gasteiger partial charge is 0.245 e. The van der Waals surface area contributed by atoms with Crippen molar-refractivity contribution < 1.29 is 9.16 Å². The van der Waals surface area contributed by atoms with Crippen molar-refractivity contribution in [3.63, 3.8) is 0 Å². The van der Waals surface area contributed by atoms with Crippen LogP contribution in [0.5, 0.6) is 5.75 Å². The molecule has 6 heteroatoms. The molecule has 1 unspecified atom stereocenters. The Kier molecular flexibility index (Phi) is 5.51. The molecule has 1 aromatic carbocycles. The van der Waals surface area contributed by atoms with Crippen molar-refractivity contribution in [2.75, 3.05) is 6.61 Å². The molecule has 1 aliphatic heterocycles. The van der Waals surface area contributed by atoms with E-state index in [0.29, 0.717) is 0 Å². The van der Waals surface area contributed by atoms with E-state index in [1.54, 1.807) is 0 Å². The van der Waals surface area contributed by atoms with Crippen LogP contribution in [0.15, 0.2) is 18.2 Å². The topological polar surface area (TPSA) is 36.3 Å². The molecule has 2 aromatic rings. The van der Waals surface area contributed by atoms with Crippen LogP contribution in [0.4, 0.5) is 0 Å². The molecular formula is C19H29IN2O2Si. The summed E-state index contributed by atoms with van der Waals surface area (Å²) in [6.07, 6.45) is 3.46. The minimum atomic E-state index is -1.76. The van der Waals surface area contributed by atoms with Gasteiger partial charge in [-0.05, 0) is 84.6 Å². The van der Waals surface area contributed by atoms with Gasteiger partial charge in [-0.25, -0.2) is 4.68 Å². The van der Waals surface area contributed by atoms with Crippen LogP contribution in [-0.2, 0) is 4.74 Å². The fourth-order valence-electron chi connectivity index (χ4n) is 3.91. The van der Waals surface area contributed by atoms with E-state index in [-0.39, 0.29) is 11.6 Å². The van der Waals surface area contributed by atoms with Gasteiger partial charge < -0.3 is 9.16 Å². The SMILES string of the molecule is CC(C)(C)C[Si](C)(C)Oc1ccc2c(c1)c(I)nn2C1CCCCO1. The highest BCUT2D eigenvalue weighted by Crippen LogP contribution is 2.33. The first-order valence-corrected chi connectivity index (χ1v) is 13.3. The first-order valence-electron chi connectivity index (χ1n) is 9.13. The lowest BCUT2D eigenvalue weighted by Crippen LogP contribution is -2.38. The molecule has 0 radical (unpaired) electrons. The van der Waals surface area contributed by atoms with Gasteiger partial charge in [0.05, 0.1) is 5.52 Å². The Bertz CT molecular complexity index is 746.